The van der Waals surface area contributed by atoms with Crippen molar-refractivity contribution in [3.63, 3.8) is 0 Å². The molecule has 1 amide bonds. The molecule has 7 heteroatoms. The van der Waals surface area contributed by atoms with Crippen LogP contribution in [0.5, 0.6) is 11.5 Å². The van der Waals surface area contributed by atoms with Crippen LogP contribution in [-0.2, 0) is 11.3 Å². The quantitative estimate of drug-likeness (QED) is 0.585. The number of nitrogens with one attached hydrogen (secondary N) is 1. The van der Waals surface area contributed by atoms with Crippen LogP contribution in [0.15, 0.2) is 39.7 Å². The van der Waals surface area contributed by atoms with Crippen molar-refractivity contribution in [2.24, 2.45) is 0 Å². The standard InChI is InChI=1S/C17H15BrN2O3S/c1-22-13-4-3-11(15(8-13)23-2)10-20-17(21)12(9-19)7-14-5-6-16(18)24-14/h3-8H,10H2,1-2H3,(H,20,21)/b12-7+. The maximum atomic E-state index is 12.2. The molecule has 0 unspecified atom stereocenters. The first kappa shape index (κ1) is 18.0. The number of amides is 1. The zero-order valence-electron chi connectivity index (χ0n) is 13.1. The maximum Gasteiger partial charge on any atom is 0.262 e. The molecule has 1 N–H and O–H groups in total. The topological polar surface area (TPSA) is 71.3 Å². The van der Waals surface area contributed by atoms with E-state index < -0.39 is 5.91 Å². The Morgan fingerprint density at radius 1 is 1.33 bits per heavy atom. The van der Waals surface area contributed by atoms with Crippen molar-refractivity contribution in [1.82, 2.24) is 5.32 Å². The third-order valence-electron chi connectivity index (χ3n) is 3.18. The number of methoxy groups -OCH3 is 2. The molecule has 5 nitrogen and oxygen atoms in total. The highest BCUT2D eigenvalue weighted by Crippen LogP contribution is 2.25. The zero-order valence-corrected chi connectivity index (χ0v) is 15.5. The molecule has 0 saturated carbocycles. The first-order chi connectivity index (χ1) is 11.6. The Morgan fingerprint density at radius 2 is 2.12 bits per heavy atom. The van der Waals surface area contributed by atoms with Crippen LogP contribution < -0.4 is 14.8 Å². The van der Waals surface area contributed by atoms with Gasteiger partial charge in [-0.15, -0.1) is 11.3 Å². The lowest BCUT2D eigenvalue weighted by molar-refractivity contribution is -0.117. The Labute approximate surface area is 152 Å². The van der Waals surface area contributed by atoms with Crippen molar-refractivity contribution in [1.29, 1.82) is 5.26 Å². The summed E-state index contributed by atoms with van der Waals surface area (Å²) < 4.78 is 11.4. The summed E-state index contributed by atoms with van der Waals surface area (Å²) in [6.45, 7) is 0.249. The molecule has 24 heavy (non-hydrogen) atoms. The summed E-state index contributed by atoms with van der Waals surface area (Å²) >= 11 is 4.80. The lowest BCUT2D eigenvalue weighted by Gasteiger charge is -2.11. The van der Waals surface area contributed by atoms with Gasteiger partial charge < -0.3 is 14.8 Å². The van der Waals surface area contributed by atoms with E-state index in [1.54, 1.807) is 32.4 Å². The number of nitriles is 1. The lowest BCUT2D eigenvalue weighted by atomic mass is 10.1. The van der Waals surface area contributed by atoms with Crippen LogP contribution in [-0.4, -0.2) is 20.1 Å². The Hall–Kier alpha value is -2.30. The summed E-state index contributed by atoms with van der Waals surface area (Å²) in [6.07, 6.45) is 1.57. The smallest absolute Gasteiger partial charge is 0.262 e. The number of hydrogen-bond acceptors (Lipinski definition) is 5. The molecule has 0 radical (unpaired) electrons. The predicted molar refractivity (Wildman–Crippen MR) is 97.0 cm³/mol. The number of ether oxygens (including phenoxy) is 2. The molecule has 0 saturated heterocycles. The number of carbonyl (C=O) groups is 1. The molecule has 124 valence electrons. The summed E-state index contributed by atoms with van der Waals surface area (Å²) in [5.74, 6) is 0.849. The Balaban J connectivity index is 2.09. The van der Waals surface area contributed by atoms with Gasteiger partial charge in [-0.1, -0.05) is 0 Å². The Kier molecular flexibility index (Phi) is 6.41. The van der Waals surface area contributed by atoms with Crippen molar-refractivity contribution in [3.05, 3.63) is 50.1 Å². The third kappa shape index (κ3) is 4.60. The molecule has 0 aliphatic rings. The maximum absolute atomic E-state index is 12.2. The fourth-order valence-electron chi connectivity index (χ4n) is 1.97. The molecule has 1 aromatic heterocycles. The highest BCUT2D eigenvalue weighted by molar-refractivity contribution is 9.11. The van der Waals surface area contributed by atoms with Crippen molar-refractivity contribution in [2.45, 2.75) is 6.54 Å². The molecule has 0 spiro atoms. The van der Waals surface area contributed by atoms with Crippen LogP contribution in [0.2, 0.25) is 0 Å². The number of nitrogens with zero attached hydrogens (tertiary/aromatic N) is 1. The summed E-state index contributed by atoms with van der Waals surface area (Å²) in [5, 5.41) is 11.9. The second-order valence-electron chi connectivity index (χ2n) is 4.67. The van der Waals surface area contributed by atoms with E-state index in [2.05, 4.69) is 21.2 Å². The SMILES string of the molecule is COc1ccc(CNC(=O)/C(C#N)=C/c2ccc(Br)s2)c(OC)c1. The van der Waals surface area contributed by atoms with Crippen LogP contribution in [0.3, 0.4) is 0 Å². The van der Waals surface area contributed by atoms with Crippen LogP contribution in [0.25, 0.3) is 6.08 Å². The van der Waals surface area contributed by atoms with Gasteiger partial charge in [0.1, 0.15) is 23.1 Å². The minimum absolute atomic E-state index is 0.0526. The van der Waals surface area contributed by atoms with Gasteiger partial charge in [-0.05, 0) is 46.3 Å². The number of carbonyl (C=O) groups excluding carboxylic acids is 1. The molecular formula is C17H15BrN2O3S. The fraction of sp³-hybridized carbons (Fsp3) is 0.176. The summed E-state index contributed by atoms with van der Waals surface area (Å²) in [6, 6.07) is 11.0. The fourth-order valence-corrected chi connectivity index (χ4v) is 3.33. The van der Waals surface area contributed by atoms with Gasteiger partial charge in [0, 0.05) is 23.1 Å². The summed E-state index contributed by atoms with van der Waals surface area (Å²) in [5.41, 5.74) is 0.847. The largest absolute Gasteiger partial charge is 0.497 e. The van der Waals surface area contributed by atoms with Gasteiger partial charge in [0.25, 0.3) is 5.91 Å². The summed E-state index contributed by atoms with van der Waals surface area (Å²) in [4.78, 5) is 13.0. The van der Waals surface area contributed by atoms with Crippen LogP contribution >= 0.6 is 27.3 Å². The van der Waals surface area contributed by atoms with Crippen molar-refractivity contribution >= 4 is 39.2 Å². The van der Waals surface area contributed by atoms with Gasteiger partial charge in [0.2, 0.25) is 0 Å². The second kappa shape index (κ2) is 8.52. The molecule has 0 aliphatic carbocycles. The Morgan fingerprint density at radius 3 is 2.71 bits per heavy atom. The van der Waals surface area contributed by atoms with E-state index in [-0.39, 0.29) is 12.1 Å². The molecule has 0 bridgehead atoms. The van der Waals surface area contributed by atoms with Crippen molar-refractivity contribution in [2.75, 3.05) is 14.2 Å². The average molecular weight is 407 g/mol. The van der Waals surface area contributed by atoms with E-state index in [0.717, 1.165) is 14.2 Å². The normalized spacial score (nSPS) is 10.8. The monoisotopic (exact) mass is 406 g/mol. The number of rotatable bonds is 6. The highest BCUT2D eigenvalue weighted by Gasteiger charge is 2.11. The number of benzene rings is 1. The number of halogens is 1. The first-order valence-corrected chi connectivity index (χ1v) is 8.54. The number of thiophene rings is 1. The molecule has 0 aliphatic heterocycles. The predicted octanol–water partition coefficient (Wildman–Crippen LogP) is 3.75. The minimum atomic E-state index is -0.431. The summed E-state index contributed by atoms with van der Waals surface area (Å²) in [7, 11) is 3.12. The van der Waals surface area contributed by atoms with E-state index in [1.165, 1.54) is 11.3 Å². The zero-order chi connectivity index (χ0) is 17.5. The van der Waals surface area contributed by atoms with Gasteiger partial charge >= 0.3 is 0 Å². The van der Waals surface area contributed by atoms with Gasteiger partial charge in [-0.3, -0.25) is 4.79 Å². The van der Waals surface area contributed by atoms with E-state index >= 15 is 0 Å². The molecular weight excluding hydrogens is 392 g/mol. The van der Waals surface area contributed by atoms with E-state index in [9.17, 15) is 10.1 Å². The second-order valence-corrected chi connectivity index (χ2v) is 7.17. The van der Waals surface area contributed by atoms with Gasteiger partial charge in [-0.2, -0.15) is 5.26 Å². The molecule has 1 aromatic carbocycles. The molecule has 1 heterocycles. The third-order valence-corrected chi connectivity index (χ3v) is 4.75. The first-order valence-electron chi connectivity index (χ1n) is 6.93. The average Bonchev–Trinajstić information content (AvgIpc) is 3.02. The molecule has 2 rings (SSSR count). The van der Waals surface area contributed by atoms with Gasteiger partial charge in [0.05, 0.1) is 18.0 Å². The number of hydrogen-bond donors (Lipinski definition) is 1. The van der Waals surface area contributed by atoms with Crippen molar-refractivity contribution < 1.29 is 14.3 Å². The van der Waals surface area contributed by atoms with Crippen LogP contribution in [0.4, 0.5) is 0 Å². The van der Waals surface area contributed by atoms with E-state index in [4.69, 9.17) is 9.47 Å². The molecule has 2 aromatic rings. The van der Waals surface area contributed by atoms with E-state index in [1.807, 2.05) is 24.3 Å². The van der Waals surface area contributed by atoms with Crippen molar-refractivity contribution in [3.8, 4) is 17.6 Å². The van der Waals surface area contributed by atoms with Gasteiger partial charge in [0.15, 0.2) is 0 Å². The lowest BCUT2D eigenvalue weighted by Crippen LogP contribution is -2.24. The Bertz CT molecular complexity index is 808. The minimum Gasteiger partial charge on any atom is -0.497 e. The van der Waals surface area contributed by atoms with E-state index in [0.29, 0.717) is 11.5 Å². The molecule has 0 fully saturated rings. The highest BCUT2D eigenvalue weighted by atomic mass is 79.9. The van der Waals surface area contributed by atoms with Gasteiger partial charge in [-0.25, -0.2) is 0 Å². The molecule has 0 atom stereocenters. The van der Waals surface area contributed by atoms with Crippen LogP contribution in [0, 0.1) is 11.3 Å². The van der Waals surface area contributed by atoms with Crippen LogP contribution in [0.1, 0.15) is 10.4 Å².